The van der Waals surface area contributed by atoms with Crippen LogP contribution in [0.25, 0.3) is 0 Å². The molecule has 0 saturated heterocycles. The van der Waals surface area contributed by atoms with Crippen LogP contribution in [-0.2, 0) is 18.3 Å². The highest BCUT2D eigenvalue weighted by molar-refractivity contribution is 7.07. The molecule has 0 aliphatic carbocycles. The van der Waals surface area contributed by atoms with Crippen molar-refractivity contribution in [1.29, 1.82) is 5.26 Å². The summed E-state index contributed by atoms with van der Waals surface area (Å²) >= 11 is 1.41. The van der Waals surface area contributed by atoms with Crippen LogP contribution in [0.5, 0.6) is 0 Å². The molecule has 0 radical (unpaired) electrons. The van der Waals surface area contributed by atoms with E-state index in [-0.39, 0.29) is 18.1 Å². The van der Waals surface area contributed by atoms with Gasteiger partial charge in [0.15, 0.2) is 4.80 Å². The normalized spacial score (nSPS) is 11.2. The van der Waals surface area contributed by atoms with Gasteiger partial charge in [0.25, 0.3) is 0 Å². The third-order valence-electron chi connectivity index (χ3n) is 3.71. The summed E-state index contributed by atoms with van der Waals surface area (Å²) in [5, 5.41) is 13.5. The van der Waals surface area contributed by atoms with Crippen LogP contribution in [0, 0.1) is 17.1 Å². The maximum absolute atomic E-state index is 13.0. The Balaban J connectivity index is 1.72. The second-order valence-corrected chi connectivity index (χ2v) is 6.41. The fourth-order valence-corrected chi connectivity index (χ4v) is 3.20. The number of carbonyl (C=O) groups is 1. The fraction of sp³-hybridized carbons (Fsp3) is 0.105. The number of carbonyl (C=O) groups excluding carboxylic acids is 1. The molecule has 7 heteroatoms. The molecule has 0 saturated carbocycles. The zero-order chi connectivity index (χ0) is 18.5. The lowest BCUT2D eigenvalue weighted by Gasteiger charge is -2.06. The lowest BCUT2D eigenvalue weighted by Crippen LogP contribution is -2.19. The van der Waals surface area contributed by atoms with Gasteiger partial charge >= 0.3 is 0 Å². The standard InChI is InChI=1S/C19H15FN4OS/c1-24-17(10-18(25)22-15-6-2-13(11-21)3-7-15)12-26-19(24)23-16-8-4-14(20)5-9-16/h2-9,12H,10H2,1H3,(H,22,25). The van der Waals surface area contributed by atoms with Crippen molar-refractivity contribution >= 4 is 28.6 Å². The number of nitrogens with one attached hydrogen (secondary N) is 1. The van der Waals surface area contributed by atoms with E-state index in [9.17, 15) is 9.18 Å². The summed E-state index contributed by atoms with van der Waals surface area (Å²) in [6.45, 7) is 0. The van der Waals surface area contributed by atoms with Crippen molar-refractivity contribution in [3.8, 4) is 6.07 Å². The minimum absolute atomic E-state index is 0.156. The lowest BCUT2D eigenvalue weighted by atomic mass is 10.2. The Morgan fingerprint density at radius 2 is 1.92 bits per heavy atom. The summed E-state index contributed by atoms with van der Waals surface area (Å²) in [6.07, 6.45) is 0.200. The molecule has 0 unspecified atom stereocenters. The largest absolute Gasteiger partial charge is 0.326 e. The van der Waals surface area contributed by atoms with E-state index >= 15 is 0 Å². The van der Waals surface area contributed by atoms with E-state index in [2.05, 4.69) is 10.3 Å². The molecule has 5 nitrogen and oxygen atoms in total. The Hall–Kier alpha value is -3.24. The van der Waals surface area contributed by atoms with Crippen LogP contribution >= 0.6 is 11.3 Å². The number of nitriles is 1. The van der Waals surface area contributed by atoms with Crippen molar-refractivity contribution in [2.45, 2.75) is 6.42 Å². The first kappa shape index (κ1) is 17.6. The smallest absolute Gasteiger partial charge is 0.230 e. The number of amides is 1. The third-order valence-corrected chi connectivity index (χ3v) is 4.67. The summed E-state index contributed by atoms with van der Waals surface area (Å²) in [5.41, 5.74) is 2.65. The van der Waals surface area contributed by atoms with Gasteiger partial charge in [-0.2, -0.15) is 5.26 Å². The van der Waals surface area contributed by atoms with Crippen LogP contribution in [-0.4, -0.2) is 10.5 Å². The number of aromatic nitrogens is 1. The Kier molecular flexibility index (Phi) is 5.25. The Morgan fingerprint density at radius 1 is 1.23 bits per heavy atom. The highest BCUT2D eigenvalue weighted by Gasteiger charge is 2.09. The van der Waals surface area contributed by atoms with Crippen molar-refractivity contribution in [2.75, 3.05) is 5.32 Å². The minimum atomic E-state index is -0.306. The molecule has 0 bridgehead atoms. The van der Waals surface area contributed by atoms with E-state index in [1.807, 2.05) is 23.1 Å². The Bertz CT molecular complexity index is 1030. The van der Waals surface area contributed by atoms with Gasteiger partial charge in [-0.3, -0.25) is 4.79 Å². The molecule has 3 aromatic rings. The molecule has 0 atom stereocenters. The highest BCUT2D eigenvalue weighted by atomic mass is 32.1. The van der Waals surface area contributed by atoms with E-state index in [0.29, 0.717) is 16.9 Å². The molecule has 1 amide bonds. The maximum Gasteiger partial charge on any atom is 0.230 e. The van der Waals surface area contributed by atoms with Crippen molar-refractivity contribution in [2.24, 2.45) is 12.0 Å². The zero-order valence-electron chi connectivity index (χ0n) is 13.9. The van der Waals surface area contributed by atoms with Gasteiger partial charge in [0.1, 0.15) is 5.82 Å². The van der Waals surface area contributed by atoms with E-state index in [0.717, 1.165) is 10.5 Å². The first-order valence-electron chi connectivity index (χ1n) is 7.79. The lowest BCUT2D eigenvalue weighted by molar-refractivity contribution is -0.115. The summed E-state index contributed by atoms with van der Waals surface area (Å²) < 4.78 is 14.8. The molecule has 0 spiro atoms. The van der Waals surface area contributed by atoms with Gasteiger partial charge in [-0.15, -0.1) is 11.3 Å². The molecule has 0 aliphatic rings. The molecule has 130 valence electrons. The molecule has 1 heterocycles. The zero-order valence-corrected chi connectivity index (χ0v) is 14.8. The van der Waals surface area contributed by atoms with Gasteiger partial charge in [0, 0.05) is 23.8 Å². The van der Waals surface area contributed by atoms with Crippen LogP contribution in [0.2, 0.25) is 0 Å². The van der Waals surface area contributed by atoms with Gasteiger partial charge < -0.3 is 9.88 Å². The average Bonchev–Trinajstić information content (AvgIpc) is 2.97. The monoisotopic (exact) mass is 366 g/mol. The van der Waals surface area contributed by atoms with E-state index in [4.69, 9.17) is 5.26 Å². The Morgan fingerprint density at radius 3 is 2.58 bits per heavy atom. The SMILES string of the molecule is Cn1c(CC(=O)Nc2ccc(C#N)cc2)csc1=Nc1ccc(F)cc1. The minimum Gasteiger partial charge on any atom is -0.326 e. The predicted molar refractivity (Wildman–Crippen MR) is 98.4 cm³/mol. The van der Waals surface area contributed by atoms with E-state index in [1.54, 1.807) is 36.4 Å². The van der Waals surface area contributed by atoms with Crippen molar-refractivity contribution in [3.05, 3.63) is 75.8 Å². The van der Waals surface area contributed by atoms with Gasteiger partial charge in [-0.05, 0) is 48.5 Å². The number of nitrogens with zero attached hydrogens (tertiary/aromatic N) is 3. The average molecular weight is 366 g/mol. The van der Waals surface area contributed by atoms with Gasteiger partial charge in [0.05, 0.1) is 23.7 Å². The van der Waals surface area contributed by atoms with Crippen LogP contribution in [0.15, 0.2) is 58.9 Å². The van der Waals surface area contributed by atoms with Crippen LogP contribution < -0.4 is 10.1 Å². The van der Waals surface area contributed by atoms with Crippen molar-refractivity contribution < 1.29 is 9.18 Å². The second kappa shape index (κ2) is 7.76. The van der Waals surface area contributed by atoms with Gasteiger partial charge in [-0.25, -0.2) is 9.38 Å². The quantitative estimate of drug-likeness (QED) is 0.768. The topological polar surface area (TPSA) is 70.2 Å². The molecular weight excluding hydrogens is 351 g/mol. The molecule has 3 rings (SSSR count). The summed E-state index contributed by atoms with van der Waals surface area (Å²) in [7, 11) is 1.84. The first-order valence-corrected chi connectivity index (χ1v) is 8.67. The first-order chi connectivity index (χ1) is 12.5. The maximum atomic E-state index is 13.0. The summed E-state index contributed by atoms with van der Waals surface area (Å²) in [5.74, 6) is -0.462. The number of rotatable bonds is 4. The van der Waals surface area contributed by atoms with Crippen LogP contribution in [0.4, 0.5) is 15.8 Å². The van der Waals surface area contributed by atoms with Gasteiger partial charge in [-0.1, -0.05) is 0 Å². The number of hydrogen-bond acceptors (Lipinski definition) is 4. The fourth-order valence-electron chi connectivity index (χ4n) is 2.29. The van der Waals surface area contributed by atoms with Crippen LogP contribution in [0.1, 0.15) is 11.3 Å². The number of benzene rings is 2. The molecule has 0 fully saturated rings. The number of anilines is 1. The Labute approximate surface area is 153 Å². The van der Waals surface area contributed by atoms with Crippen molar-refractivity contribution in [3.63, 3.8) is 0 Å². The highest BCUT2D eigenvalue weighted by Crippen LogP contribution is 2.13. The molecule has 2 aromatic carbocycles. The summed E-state index contributed by atoms with van der Waals surface area (Å²) in [6, 6.07) is 14.7. The van der Waals surface area contributed by atoms with E-state index in [1.165, 1.54) is 23.5 Å². The summed E-state index contributed by atoms with van der Waals surface area (Å²) in [4.78, 5) is 17.4. The molecular formula is C19H15FN4OS. The molecule has 1 N–H and O–H groups in total. The second-order valence-electron chi connectivity index (χ2n) is 5.57. The number of halogens is 1. The van der Waals surface area contributed by atoms with Gasteiger partial charge in [0.2, 0.25) is 5.91 Å². The van der Waals surface area contributed by atoms with Crippen molar-refractivity contribution in [1.82, 2.24) is 4.57 Å². The van der Waals surface area contributed by atoms with Crippen LogP contribution in [0.3, 0.4) is 0 Å². The molecule has 1 aromatic heterocycles. The number of hydrogen-bond donors (Lipinski definition) is 1. The molecule has 0 aliphatic heterocycles. The predicted octanol–water partition coefficient (Wildman–Crippen LogP) is 3.51. The number of thiazole rings is 1. The molecule has 26 heavy (non-hydrogen) atoms. The third kappa shape index (κ3) is 4.23. The van der Waals surface area contributed by atoms with E-state index < -0.39 is 0 Å².